The molecule has 23 heavy (non-hydrogen) atoms. The fraction of sp³-hybridized carbons (Fsp3) is 0.316. The van der Waals surface area contributed by atoms with Crippen molar-refractivity contribution >= 4 is 21.8 Å². The largest absolute Gasteiger partial charge is 0.352 e. The van der Waals surface area contributed by atoms with E-state index in [1.54, 1.807) is 0 Å². The van der Waals surface area contributed by atoms with Gasteiger partial charge >= 0.3 is 0 Å². The van der Waals surface area contributed by atoms with Crippen LogP contribution in [-0.2, 0) is 24.3 Å². The maximum atomic E-state index is 12.1. The van der Waals surface area contributed by atoms with Gasteiger partial charge in [0.05, 0.1) is 0 Å². The number of nitrogens with zero attached hydrogens (tertiary/aromatic N) is 1. The minimum absolute atomic E-state index is 0.0837. The monoisotopic (exact) mass is 374 g/mol. The zero-order valence-corrected chi connectivity index (χ0v) is 15.3. The van der Waals surface area contributed by atoms with Gasteiger partial charge in [-0.2, -0.15) is 0 Å². The molecule has 0 aliphatic rings. The van der Waals surface area contributed by atoms with Crippen molar-refractivity contribution in [2.75, 3.05) is 14.1 Å². The molecular formula is C19H23BrN2O. The van der Waals surface area contributed by atoms with Crippen molar-refractivity contribution in [1.82, 2.24) is 10.2 Å². The summed E-state index contributed by atoms with van der Waals surface area (Å²) in [5.41, 5.74) is 3.59. The molecule has 0 aliphatic heterocycles. The van der Waals surface area contributed by atoms with Gasteiger partial charge in [0, 0.05) is 24.0 Å². The van der Waals surface area contributed by atoms with Gasteiger partial charge < -0.3 is 10.2 Å². The molecule has 0 aromatic heterocycles. The van der Waals surface area contributed by atoms with Crippen molar-refractivity contribution in [2.24, 2.45) is 0 Å². The molecule has 122 valence electrons. The smallest absolute Gasteiger partial charge is 0.220 e. The number of halogens is 1. The first-order chi connectivity index (χ1) is 11.1. The lowest BCUT2D eigenvalue weighted by molar-refractivity contribution is -0.121. The average Bonchev–Trinajstić information content (AvgIpc) is 2.53. The van der Waals surface area contributed by atoms with Gasteiger partial charge in [-0.25, -0.2) is 0 Å². The molecule has 0 saturated heterocycles. The van der Waals surface area contributed by atoms with E-state index in [1.165, 1.54) is 11.1 Å². The third-order valence-corrected chi connectivity index (χ3v) is 4.43. The van der Waals surface area contributed by atoms with Crippen molar-refractivity contribution in [3.05, 3.63) is 69.7 Å². The Balaban J connectivity index is 1.86. The highest BCUT2D eigenvalue weighted by Gasteiger charge is 2.07. The number of aryl methyl sites for hydroxylation is 1. The molecule has 2 rings (SSSR count). The molecule has 0 heterocycles. The normalized spacial score (nSPS) is 10.8. The fourth-order valence-corrected chi connectivity index (χ4v) is 2.94. The highest BCUT2D eigenvalue weighted by Crippen LogP contribution is 2.17. The average molecular weight is 375 g/mol. The first-order valence-corrected chi connectivity index (χ1v) is 8.57. The number of carbonyl (C=O) groups is 1. The number of nitrogens with one attached hydrogen (secondary N) is 1. The maximum absolute atomic E-state index is 12.1. The molecule has 3 nitrogen and oxygen atoms in total. The van der Waals surface area contributed by atoms with E-state index in [4.69, 9.17) is 0 Å². The van der Waals surface area contributed by atoms with E-state index in [0.29, 0.717) is 13.0 Å². The molecule has 0 saturated carbocycles. The van der Waals surface area contributed by atoms with Gasteiger partial charge in [-0.3, -0.25) is 4.79 Å². The maximum Gasteiger partial charge on any atom is 0.220 e. The zero-order chi connectivity index (χ0) is 16.7. The summed E-state index contributed by atoms with van der Waals surface area (Å²) in [6.07, 6.45) is 1.24. The predicted molar refractivity (Wildman–Crippen MR) is 98.1 cm³/mol. The highest BCUT2D eigenvalue weighted by molar-refractivity contribution is 9.10. The van der Waals surface area contributed by atoms with E-state index >= 15 is 0 Å². The van der Waals surface area contributed by atoms with Crippen LogP contribution in [0, 0.1) is 0 Å². The number of rotatable bonds is 7. The minimum atomic E-state index is 0.0837. The van der Waals surface area contributed by atoms with Gasteiger partial charge in [-0.15, -0.1) is 0 Å². The number of carbonyl (C=O) groups excluding carboxylic acids is 1. The second-order valence-corrected chi connectivity index (χ2v) is 6.73. The Bertz CT molecular complexity index is 655. The minimum Gasteiger partial charge on any atom is -0.352 e. The van der Waals surface area contributed by atoms with Gasteiger partial charge in [0.1, 0.15) is 0 Å². The van der Waals surface area contributed by atoms with E-state index in [-0.39, 0.29) is 5.91 Å². The van der Waals surface area contributed by atoms with E-state index in [9.17, 15) is 4.79 Å². The first-order valence-electron chi connectivity index (χ1n) is 7.78. The van der Waals surface area contributed by atoms with Crippen LogP contribution in [0.3, 0.4) is 0 Å². The molecule has 1 N–H and O–H groups in total. The summed E-state index contributed by atoms with van der Waals surface area (Å²) >= 11 is 3.52. The van der Waals surface area contributed by atoms with Crippen LogP contribution in [0.25, 0.3) is 0 Å². The molecule has 0 atom stereocenters. The van der Waals surface area contributed by atoms with Gasteiger partial charge in [-0.05, 0) is 43.3 Å². The van der Waals surface area contributed by atoms with Crippen LogP contribution in [0.1, 0.15) is 23.1 Å². The molecule has 0 fully saturated rings. The predicted octanol–water partition coefficient (Wildman–Crippen LogP) is 3.76. The molecule has 0 aliphatic carbocycles. The molecule has 2 aromatic rings. The molecule has 0 bridgehead atoms. The molecule has 1 amide bonds. The van der Waals surface area contributed by atoms with Crippen LogP contribution in [0.2, 0.25) is 0 Å². The number of amides is 1. The van der Waals surface area contributed by atoms with Gasteiger partial charge in [0.15, 0.2) is 0 Å². The second-order valence-electron chi connectivity index (χ2n) is 5.87. The number of hydrogen-bond donors (Lipinski definition) is 1. The Morgan fingerprint density at radius 3 is 2.26 bits per heavy atom. The Hall–Kier alpha value is -1.65. The van der Waals surface area contributed by atoms with Crippen LogP contribution < -0.4 is 5.32 Å². The summed E-state index contributed by atoms with van der Waals surface area (Å²) in [5, 5.41) is 3.03. The molecule has 2 aromatic carbocycles. The van der Waals surface area contributed by atoms with Crippen LogP contribution in [0.4, 0.5) is 0 Å². The Morgan fingerprint density at radius 2 is 1.61 bits per heavy atom. The third kappa shape index (κ3) is 5.81. The second kappa shape index (κ2) is 8.85. The van der Waals surface area contributed by atoms with Crippen LogP contribution in [0.5, 0.6) is 0 Å². The van der Waals surface area contributed by atoms with Crippen molar-refractivity contribution in [1.29, 1.82) is 0 Å². The van der Waals surface area contributed by atoms with Crippen molar-refractivity contribution in [3.63, 3.8) is 0 Å². The lowest BCUT2D eigenvalue weighted by Gasteiger charge is -2.14. The Labute approximate surface area is 146 Å². The Morgan fingerprint density at radius 1 is 1.00 bits per heavy atom. The molecule has 4 heteroatoms. The molecule has 0 radical (unpaired) electrons. The van der Waals surface area contributed by atoms with E-state index in [1.807, 2.05) is 50.5 Å². The summed E-state index contributed by atoms with van der Waals surface area (Å²) in [5.74, 6) is 0.0837. The number of hydrogen-bond acceptors (Lipinski definition) is 2. The lowest BCUT2D eigenvalue weighted by atomic mass is 10.1. The third-order valence-electron chi connectivity index (χ3n) is 3.66. The van der Waals surface area contributed by atoms with Crippen molar-refractivity contribution in [2.45, 2.75) is 25.9 Å². The Kier molecular flexibility index (Phi) is 6.81. The standard InChI is InChI=1S/C19H23BrN2O/c1-22(2)14-17-9-4-3-8-16(17)13-21-19(23)12-11-15-7-5-6-10-18(15)20/h3-10H,11-14H2,1-2H3,(H,21,23). The van der Waals surface area contributed by atoms with Crippen molar-refractivity contribution < 1.29 is 4.79 Å². The first kappa shape index (κ1) is 17.7. The summed E-state index contributed by atoms with van der Waals surface area (Å²) < 4.78 is 1.06. The SMILES string of the molecule is CN(C)Cc1ccccc1CNC(=O)CCc1ccccc1Br. The summed E-state index contributed by atoms with van der Waals surface area (Å²) in [4.78, 5) is 14.2. The van der Waals surface area contributed by atoms with E-state index in [2.05, 4.69) is 38.3 Å². The molecule has 0 spiro atoms. The quantitative estimate of drug-likeness (QED) is 0.799. The summed E-state index contributed by atoms with van der Waals surface area (Å²) in [6.45, 7) is 1.46. The molecule has 0 unspecified atom stereocenters. The zero-order valence-electron chi connectivity index (χ0n) is 13.7. The van der Waals surface area contributed by atoms with Gasteiger partial charge in [0.2, 0.25) is 5.91 Å². The van der Waals surface area contributed by atoms with E-state index < -0.39 is 0 Å². The van der Waals surface area contributed by atoms with E-state index in [0.717, 1.165) is 23.0 Å². The van der Waals surface area contributed by atoms with Crippen molar-refractivity contribution in [3.8, 4) is 0 Å². The van der Waals surface area contributed by atoms with Crippen LogP contribution >= 0.6 is 15.9 Å². The molecular weight excluding hydrogens is 352 g/mol. The fourth-order valence-electron chi connectivity index (χ4n) is 2.46. The number of benzene rings is 2. The van der Waals surface area contributed by atoms with Crippen LogP contribution in [-0.4, -0.2) is 24.9 Å². The van der Waals surface area contributed by atoms with Crippen LogP contribution in [0.15, 0.2) is 53.0 Å². The van der Waals surface area contributed by atoms with Gasteiger partial charge in [-0.1, -0.05) is 58.4 Å². The summed E-state index contributed by atoms with van der Waals surface area (Å²) in [7, 11) is 4.10. The lowest BCUT2D eigenvalue weighted by Crippen LogP contribution is -2.24. The highest BCUT2D eigenvalue weighted by atomic mass is 79.9. The summed E-state index contributed by atoms with van der Waals surface area (Å²) in [6, 6.07) is 16.3. The topological polar surface area (TPSA) is 32.3 Å². The van der Waals surface area contributed by atoms with Gasteiger partial charge in [0.25, 0.3) is 0 Å².